The van der Waals surface area contributed by atoms with Crippen molar-refractivity contribution in [2.75, 3.05) is 0 Å². The van der Waals surface area contributed by atoms with Gasteiger partial charge in [0.1, 0.15) is 0 Å². The smallest absolute Gasteiger partial charge is 0.00201 e. The van der Waals surface area contributed by atoms with E-state index in [9.17, 15) is 0 Å². The van der Waals surface area contributed by atoms with Crippen LogP contribution in [0, 0.1) is 0 Å². The van der Waals surface area contributed by atoms with E-state index in [0.29, 0.717) is 0 Å². The fourth-order valence-corrected chi connectivity index (χ4v) is 7.43. The fourth-order valence-electron chi connectivity index (χ4n) is 7.43. The topological polar surface area (TPSA) is 0 Å². The van der Waals surface area contributed by atoms with Crippen LogP contribution in [-0.2, 0) is 0 Å². The minimum absolute atomic E-state index is 1.23. The summed E-state index contributed by atoms with van der Waals surface area (Å²) in [6, 6.07) is 66.5. The van der Waals surface area contributed by atoms with E-state index in [4.69, 9.17) is 0 Å². The first-order chi connectivity index (χ1) is 22.8. The van der Waals surface area contributed by atoms with Crippen LogP contribution in [0.3, 0.4) is 0 Å². The van der Waals surface area contributed by atoms with E-state index in [-0.39, 0.29) is 0 Å². The average Bonchev–Trinajstić information content (AvgIpc) is 3.14. The number of benzene rings is 9. The van der Waals surface area contributed by atoms with Gasteiger partial charge in [0.25, 0.3) is 0 Å². The quantitative estimate of drug-likeness (QED) is 0.143. The molecule has 9 rings (SSSR count). The van der Waals surface area contributed by atoms with Gasteiger partial charge in [-0.25, -0.2) is 0 Å². The van der Waals surface area contributed by atoms with Gasteiger partial charge >= 0.3 is 0 Å². The standard InChI is InChI=1S/C46H30/c1-3-15-31(16-4-1)35-19-7-10-22-39(35)46-42-25-13-11-23-40(42)45(41-24-12-14-26-43(41)46)33-27-28-36-34(29-33)30-44(32-17-5-2-6-18-32)38-21-9-8-20-37(36)38/h1-30H. The first kappa shape index (κ1) is 26.4. The van der Waals surface area contributed by atoms with Crippen molar-refractivity contribution in [1.29, 1.82) is 0 Å². The zero-order chi connectivity index (χ0) is 30.5. The first-order valence-corrected chi connectivity index (χ1v) is 15.9. The Balaban J connectivity index is 1.35. The predicted octanol–water partition coefficient (Wildman–Crippen LogP) is 13.0. The highest BCUT2D eigenvalue weighted by molar-refractivity contribution is 6.23. The summed E-state index contributed by atoms with van der Waals surface area (Å²) >= 11 is 0. The molecule has 0 saturated heterocycles. The molecule has 0 heteroatoms. The Morgan fingerprint density at radius 2 is 0.674 bits per heavy atom. The van der Waals surface area contributed by atoms with Crippen LogP contribution in [0.25, 0.3) is 87.6 Å². The molecule has 0 aliphatic heterocycles. The van der Waals surface area contributed by atoms with Gasteiger partial charge in [0, 0.05) is 0 Å². The van der Waals surface area contributed by atoms with Gasteiger partial charge in [0.05, 0.1) is 0 Å². The van der Waals surface area contributed by atoms with E-state index in [1.165, 1.54) is 87.6 Å². The number of hydrogen-bond acceptors (Lipinski definition) is 0. The van der Waals surface area contributed by atoms with Crippen LogP contribution in [0.1, 0.15) is 0 Å². The van der Waals surface area contributed by atoms with Crippen LogP contribution in [0.2, 0.25) is 0 Å². The van der Waals surface area contributed by atoms with Crippen molar-refractivity contribution in [1.82, 2.24) is 0 Å². The Morgan fingerprint density at radius 1 is 0.217 bits per heavy atom. The summed E-state index contributed by atoms with van der Waals surface area (Å²) in [7, 11) is 0. The lowest BCUT2D eigenvalue weighted by atomic mass is 9.83. The number of fused-ring (bicyclic) bond motifs is 5. The van der Waals surface area contributed by atoms with E-state index in [2.05, 4.69) is 182 Å². The van der Waals surface area contributed by atoms with Crippen LogP contribution in [0.4, 0.5) is 0 Å². The molecule has 0 spiro atoms. The minimum atomic E-state index is 1.23. The van der Waals surface area contributed by atoms with Crippen molar-refractivity contribution in [3.05, 3.63) is 182 Å². The van der Waals surface area contributed by atoms with Gasteiger partial charge in [-0.1, -0.05) is 170 Å². The van der Waals surface area contributed by atoms with Crippen LogP contribution in [-0.4, -0.2) is 0 Å². The maximum atomic E-state index is 2.40. The summed E-state index contributed by atoms with van der Waals surface area (Å²) in [4.78, 5) is 0. The Kier molecular flexibility index (Phi) is 6.25. The third-order valence-corrected chi connectivity index (χ3v) is 9.44. The maximum Gasteiger partial charge on any atom is -0.00201 e. The van der Waals surface area contributed by atoms with Gasteiger partial charge in [-0.3, -0.25) is 0 Å². The van der Waals surface area contributed by atoms with Crippen LogP contribution >= 0.6 is 0 Å². The zero-order valence-electron chi connectivity index (χ0n) is 25.3. The lowest BCUT2D eigenvalue weighted by molar-refractivity contribution is 1.61. The second kappa shape index (κ2) is 10.9. The minimum Gasteiger partial charge on any atom is -0.0622 e. The van der Waals surface area contributed by atoms with Crippen molar-refractivity contribution < 1.29 is 0 Å². The molecule has 46 heavy (non-hydrogen) atoms. The SMILES string of the molecule is c1ccc(-c2ccccc2-c2c3ccccc3c(-c3ccc4c(c3)cc(-c3ccccc3)c3ccccc34)c3ccccc23)cc1. The molecular formula is C46H30. The second-order valence-electron chi connectivity index (χ2n) is 12.0. The molecule has 0 atom stereocenters. The molecule has 0 bridgehead atoms. The molecule has 0 unspecified atom stereocenters. The molecule has 0 aliphatic carbocycles. The Bertz CT molecular complexity index is 2500. The van der Waals surface area contributed by atoms with Gasteiger partial charge in [-0.2, -0.15) is 0 Å². The van der Waals surface area contributed by atoms with Crippen LogP contribution in [0.15, 0.2) is 182 Å². The molecule has 0 heterocycles. The van der Waals surface area contributed by atoms with Gasteiger partial charge in [-0.15, -0.1) is 0 Å². The molecule has 0 nitrogen and oxygen atoms in total. The summed E-state index contributed by atoms with van der Waals surface area (Å²) < 4.78 is 0. The highest BCUT2D eigenvalue weighted by Gasteiger charge is 2.19. The third-order valence-electron chi connectivity index (χ3n) is 9.44. The van der Waals surface area contributed by atoms with Crippen molar-refractivity contribution >= 4 is 43.1 Å². The molecule has 214 valence electrons. The Labute approximate surface area is 268 Å². The Hall–Kier alpha value is -5.98. The lowest BCUT2D eigenvalue weighted by Crippen LogP contribution is -1.93. The highest BCUT2D eigenvalue weighted by atomic mass is 14.2. The van der Waals surface area contributed by atoms with Gasteiger partial charge in [-0.05, 0) is 99.7 Å². The predicted molar refractivity (Wildman–Crippen MR) is 198 cm³/mol. The molecule has 9 aromatic rings. The highest BCUT2D eigenvalue weighted by Crippen LogP contribution is 2.47. The number of hydrogen-bond donors (Lipinski definition) is 0. The normalized spacial score (nSPS) is 11.5. The maximum absolute atomic E-state index is 2.40. The monoisotopic (exact) mass is 582 g/mol. The van der Waals surface area contributed by atoms with Crippen molar-refractivity contribution in [2.45, 2.75) is 0 Å². The first-order valence-electron chi connectivity index (χ1n) is 15.9. The van der Waals surface area contributed by atoms with E-state index in [1.54, 1.807) is 0 Å². The van der Waals surface area contributed by atoms with Gasteiger partial charge < -0.3 is 0 Å². The van der Waals surface area contributed by atoms with E-state index in [1.807, 2.05) is 0 Å². The Morgan fingerprint density at radius 3 is 1.28 bits per heavy atom. The van der Waals surface area contributed by atoms with Crippen molar-refractivity contribution in [3.8, 4) is 44.5 Å². The van der Waals surface area contributed by atoms with E-state index >= 15 is 0 Å². The summed E-state index contributed by atoms with van der Waals surface area (Å²) in [6.07, 6.45) is 0. The summed E-state index contributed by atoms with van der Waals surface area (Å²) in [5.74, 6) is 0. The van der Waals surface area contributed by atoms with Crippen molar-refractivity contribution in [2.24, 2.45) is 0 Å². The average molecular weight is 583 g/mol. The molecular weight excluding hydrogens is 553 g/mol. The van der Waals surface area contributed by atoms with Crippen LogP contribution < -0.4 is 0 Å². The summed E-state index contributed by atoms with van der Waals surface area (Å²) in [6.45, 7) is 0. The van der Waals surface area contributed by atoms with E-state index < -0.39 is 0 Å². The van der Waals surface area contributed by atoms with E-state index in [0.717, 1.165) is 0 Å². The molecule has 9 aromatic carbocycles. The lowest BCUT2D eigenvalue weighted by Gasteiger charge is -2.20. The molecule has 0 radical (unpaired) electrons. The van der Waals surface area contributed by atoms with Crippen LogP contribution in [0.5, 0.6) is 0 Å². The number of rotatable bonds is 4. The molecule has 0 amide bonds. The molecule has 0 N–H and O–H groups in total. The molecule has 0 aliphatic rings. The largest absolute Gasteiger partial charge is 0.0622 e. The fraction of sp³-hybridized carbons (Fsp3) is 0. The summed E-state index contributed by atoms with van der Waals surface area (Å²) in [5, 5.41) is 10.2. The van der Waals surface area contributed by atoms with Gasteiger partial charge in [0.15, 0.2) is 0 Å². The van der Waals surface area contributed by atoms with Gasteiger partial charge in [0.2, 0.25) is 0 Å². The molecule has 0 fully saturated rings. The summed E-state index contributed by atoms with van der Waals surface area (Å²) in [5.41, 5.74) is 10.0. The third kappa shape index (κ3) is 4.23. The zero-order valence-corrected chi connectivity index (χ0v) is 25.3. The second-order valence-corrected chi connectivity index (χ2v) is 12.0. The molecule has 0 saturated carbocycles. The molecule has 0 aromatic heterocycles. The van der Waals surface area contributed by atoms with Crippen molar-refractivity contribution in [3.63, 3.8) is 0 Å².